The fourth-order valence-corrected chi connectivity index (χ4v) is 4.49. The highest BCUT2D eigenvalue weighted by atomic mass is 35.5. The first kappa shape index (κ1) is 18.2. The van der Waals surface area contributed by atoms with Gasteiger partial charge in [-0.15, -0.1) is 0 Å². The molecule has 2 aromatic carbocycles. The zero-order chi connectivity index (χ0) is 20.9. The molecular weight excluding hydrogens is 410 g/mol. The Morgan fingerprint density at radius 3 is 2.74 bits per heavy atom. The Bertz CT molecular complexity index is 1310. The third kappa shape index (κ3) is 2.91. The van der Waals surface area contributed by atoms with Crippen LogP contribution < -0.4 is 10.1 Å². The predicted octanol–water partition coefficient (Wildman–Crippen LogP) is 5.19. The molecule has 2 aromatic heterocycles. The second-order valence-electron chi connectivity index (χ2n) is 7.72. The van der Waals surface area contributed by atoms with Gasteiger partial charge in [-0.25, -0.2) is 4.68 Å². The molecule has 0 aliphatic carbocycles. The minimum atomic E-state index is -0.306. The normalized spacial score (nSPS) is 19.0. The highest BCUT2D eigenvalue weighted by Crippen LogP contribution is 2.50. The Balaban J connectivity index is 1.64. The van der Waals surface area contributed by atoms with Crippen LogP contribution in [0.3, 0.4) is 0 Å². The lowest BCUT2D eigenvalue weighted by molar-refractivity contribution is 0.223. The molecule has 7 heteroatoms. The molecule has 4 aromatic rings. The van der Waals surface area contributed by atoms with Gasteiger partial charge in [-0.3, -0.25) is 4.98 Å². The number of ether oxygens (including phenoxy) is 1. The van der Waals surface area contributed by atoms with Crippen LogP contribution in [-0.4, -0.2) is 19.7 Å². The van der Waals surface area contributed by atoms with Gasteiger partial charge in [0.25, 0.3) is 0 Å². The van der Waals surface area contributed by atoms with Gasteiger partial charge < -0.3 is 10.1 Å². The molecule has 1 N–H and O–H groups in total. The van der Waals surface area contributed by atoms with Gasteiger partial charge in [0, 0.05) is 28.6 Å². The molecule has 2 aliphatic heterocycles. The van der Waals surface area contributed by atoms with E-state index in [-0.39, 0.29) is 12.1 Å². The van der Waals surface area contributed by atoms with Crippen LogP contribution in [0.1, 0.15) is 34.4 Å². The van der Waals surface area contributed by atoms with Crippen LogP contribution in [0.2, 0.25) is 5.02 Å². The number of nitrogens with one attached hydrogen (secondary N) is 1. The Morgan fingerprint density at radius 1 is 1.06 bits per heavy atom. The maximum atomic E-state index is 6.59. The lowest BCUT2D eigenvalue weighted by Gasteiger charge is -2.38. The number of fused-ring (bicyclic) bond motifs is 3. The van der Waals surface area contributed by atoms with Crippen LogP contribution in [0.25, 0.3) is 5.70 Å². The number of aryl methyl sites for hydroxylation is 1. The number of benzene rings is 2. The number of rotatable bonds is 2. The molecule has 31 heavy (non-hydrogen) atoms. The Hall–Kier alpha value is -3.64. The Morgan fingerprint density at radius 2 is 1.94 bits per heavy atom. The summed E-state index contributed by atoms with van der Waals surface area (Å²) in [5, 5.41) is 8.65. The molecule has 0 saturated carbocycles. The van der Waals surface area contributed by atoms with Crippen molar-refractivity contribution in [2.75, 3.05) is 5.32 Å². The zero-order valence-electron chi connectivity index (χ0n) is 16.7. The van der Waals surface area contributed by atoms with E-state index in [1.165, 1.54) is 5.56 Å². The molecule has 2 aliphatic rings. The van der Waals surface area contributed by atoms with Crippen LogP contribution in [0.4, 0.5) is 5.95 Å². The van der Waals surface area contributed by atoms with Crippen LogP contribution in [0.5, 0.6) is 5.75 Å². The lowest BCUT2D eigenvalue weighted by Crippen LogP contribution is -2.32. The largest absolute Gasteiger partial charge is 0.480 e. The van der Waals surface area contributed by atoms with E-state index >= 15 is 0 Å². The van der Waals surface area contributed by atoms with E-state index in [0.29, 0.717) is 11.0 Å². The summed E-state index contributed by atoms with van der Waals surface area (Å²) in [6, 6.07) is 17.9. The van der Waals surface area contributed by atoms with Crippen molar-refractivity contribution in [2.45, 2.75) is 19.1 Å². The number of pyridine rings is 1. The highest BCUT2D eigenvalue weighted by Gasteiger charge is 2.41. The molecule has 0 spiro atoms. The van der Waals surface area contributed by atoms with E-state index in [1.54, 1.807) is 12.5 Å². The quantitative estimate of drug-likeness (QED) is 0.476. The monoisotopic (exact) mass is 427 g/mol. The third-order valence-electron chi connectivity index (χ3n) is 5.76. The van der Waals surface area contributed by atoms with Gasteiger partial charge in [0.15, 0.2) is 0 Å². The summed E-state index contributed by atoms with van der Waals surface area (Å²) < 4.78 is 8.47. The molecule has 0 saturated heterocycles. The van der Waals surface area contributed by atoms with Crippen LogP contribution in [0, 0.1) is 6.92 Å². The van der Waals surface area contributed by atoms with Gasteiger partial charge in [-0.1, -0.05) is 47.5 Å². The SMILES string of the molecule is Cc1ccc([C@@H]2Oc3ccc(Cl)cc3C3=C2[C@H](c2cccnc2)n2ncnc2N3)cc1. The first-order valence-corrected chi connectivity index (χ1v) is 10.4. The second kappa shape index (κ2) is 6.96. The minimum absolute atomic E-state index is 0.221. The van der Waals surface area contributed by atoms with Gasteiger partial charge in [-0.05, 0) is 42.3 Å². The number of halogens is 1. The topological polar surface area (TPSA) is 64.9 Å². The van der Waals surface area contributed by atoms with Gasteiger partial charge in [0.05, 0.1) is 5.70 Å². The number of hydrogen-bond donors (Lipinski definition) is 1. The van der Waals surface area contributed by atoms with E-state index in [0.717, 1.165) is 33.7 Å². The molecule has 2 atom stereocenters. The van der Waals surface area contributed by atoms with Crippen molar-refractivity contribution in [2.24, 2.45) is 0 Å². The number of anilines is 1. The molecule has 0 bridgehead atoms. The van der Waals surface area contributed by atoms with Crippen LogP contribution in [-0.2, 0) is 0 Å². The summed E-state index contributed by atoms with van der Waals surface area (Å²) in [5.41, 5.74) is 6.18. The maximum absolute atomic E-state index is 6.59. The summed E-state index contributed by atoms with van der Waals surface area (Å²) in [6.07, 6.45) is 4.89. The summed E-state index contributed by atoms with van der Waals surface area (Å²) in [5.74, 6) is 1.45. The fraction of sp³-hybridized carbons (Fsp3) is 0.125. The molecular formula is C24H18ClN5O. The first-order valence-electron chi connectivity index (χ1n) is 10.0. The Kier molecular flexibility index (Phi) is 4.07. The molecule has 0 radical (unpaired) electrons. The number of hydrogen-bond acceptors (Lipinski definition) is 5. The van der Waals surface area contributed by atoms with E-state index in [4.69, 9.17) is 16.3 Å². The van der Waals surface area contributed by atoms with Crippen LogP contribution in [0.15, 0.2) is 78.9 Å². The summed E-state index contributed by atoms with van der Waals surface area (Å²) in [6.45, 7) is 2.08. The van der Waals surface area contributed by atoms with Crippen molar-refractivity contribution in [1.82, 2.24) is 19.7 Å². The van der Waals surface area contributed by atoms with Gasteiger partial charge in [-0.2, -0.15) is 10.1 Å². The van der Waals surface area contributed by atoms with Crippen LogP contribution >= 0.6 is 11.6 Å². The van der Waals surface area contributed by atoms with E-state index in [9.17, 15) is 0 Å². The van der Waals surface area contributed by atoms with E-state index in [1.807, 2.05) is 35.1 Å². The second-order valence-corrected chi connectivity index (χ2v) is 8.16. The molecule has 6 nitrogen and oxygen atoms in total. The number of nitrogens with zero attached hydrogens (tertiary/aromatic N) is 4. The fourth-order valence-electron chi connectivity index (χ4n) is 4.32. The lowest BCUT2D eigenvalue weighted by atomic mass is 9.85. The third-order valence-corrected chi connectivity index (χ3v) is 5.99. The molecule has 152 valence electrons. The Labute approximate surface area is 184 Å². The van der Waals surface area contributed by atoms with E-state index < -0.39 is 0 Å². The summed E-state index contributed by atoms with van der Waals surface area (Å²) in [4.78, 5) is 8.80. The van der Waals surface area contributed by atoms with Crippen molar-refractivity contribution in [3.63, 3.8) is 0 Å². The predicted molar refractivity (Wildman–Crippen MR) is 119 cm³/mol. The van der Waals surface area contributed by atoms with Crippen molar-refractivity contribution in [1.29, 1.82) is 0 Å². The average Bonchev–Trinajstić information content (AvgIpc) is 3.27. The smallest absolute Gasteiger partial charge is 0.226 e. The van der Waals surface area contributed by atoms with Crippen molar-refractivity contribution >= 4 is 23.2 Å². The zero-order valence-corrected chi connectivity index (χ0v) is 17.4. The maximum Gasteiger partial charge on any atom is 0.226 e. The average molecular weight is 428 g/mol. The van der Waals surface area contributed by atoms with Gasteiger partial charge in [0.2, 0.25) is 5.95 Å². The summed E-state index contributed by atoms with van der Waals surface area (Å²) in [7, 11) is 0. The highest BCUT2D eigenvalue weighted by molar-refractivity contribution is 6.30. The molecule has 6 rings (SSSR count). The molecule has 4 heterocycles. The van der Waals surface area contributed by atoms with Crippen molar-refractivity contribution < 1.29 is 4.74 Å². The summed E-state index contributed by atoms with van der Waals surface area (Å²) >= 11 is 6.36. The van der Waals surface area contributed by atoms with Gasteiger partial charge in [0.1, 0.15) is 24.2 Å². The van der Waals surface area contributed by atoms with Crippen molar-refractivity contribution in [3.8, 4) is 5.75 Å². The molecule has 0 unspecified atom stereocenters. The molecule has 0 fully saturated rings. The number of aromatic nitrogens is 4. The first-order chi connectivity index (χ1) is 15.2. The van der Waals surface area contributed by atoms with Crippen molar-refractivity contribution in [3.05, 3.63) is 106 Å². The standard InChI is InChI=1S/C24H18ClN5O/c1-14-4-6-15(7-5-14)23-20-21(18-11-17(25)8-9-19(18)31-23)29-24-27-13-28-30(24)22(20)16-3-2-10-26-12-16/h2-13,22-23H,1H3,(H,27,28,29)/t22-,23-/m0/s1. The van der Waals surface area contributed by atoms with Gasteiger partial charge >= 0.3 is 0 Å². The van der Waals surface area contributed by atoms with E-state index in [2.05, 4.69) is 57.6 Å². The molecule has 0 amide bonds. The minimum Gasteiger partial charge on any atom is -0.480 e.